The van der Waals surface area contributed by atoms with Gasteiger partial charge in [0.1, 0.15) is 0 Å². The second-order valence-electron chi connectivity index (χ2n) is 7.58. The largest absolute Gasteiger partial charge is 0.472 e. The van der Waals surface area contributed by atoms with Gasteiger partial charge in [0.25, 0.3) is 0 Å². The molecule has 1 aromatic heterocycles. The highest BCUT2D eigenvalue weighted by Gasteiger charge is 2.51. The van der Waals surface area contributed by atoms with Gasteiger partial charge in [-0.1, -0.05) is 30.3 Å². The van der Waals surface area contributed by atoms with Crippen molar-refractivity contribution in [3.8, 4) is 0 Å². The molecule has 6 heteroatoms. The van der Waals surface area contributed by atoms with Crippen LogP contribution in [0.4, 0.5) is 0 Å². The monoisotopic (exact) mass is 367 g/mol. The van der Waals surface area contributed by atoms with Gasteiger partial charge in [-0.3, -0.25) is 14.5 Å². The predicted octanol–water partition coefficient (Wildman–Crippen LogP) is 2.07. The summed E-state index contributed by atoms with van der Waals surface area (Å²) in [6.07, 6.45) is 5.19. The molecule has 1 aromatic carbocycles. The van der Waals surface area contributed by atoms with Crippen molar-refractivity contribution in [3.63, 3.8) is 0 Å². The number of hydrogen-bond acceptors (Lipinski definition) is 4. The van der Waals surface area contributed by atoms with Gasteiger partial charge in [0.2, 0.25) is 11.8 Å². The molecule has 0 saturated carbocycles. The number of rotatable bonds is 5. The van der Waals surface area contributed by atoms with Gasteiger partial charge in [0.05, 0.1) is 17.9 Å². The average molecular weight is 367 g/mol. The predicted molar refractivity (Wildman–Crippen MR) is 100 cm³/mol. The minimum atomic E-state index is -0.579. The van der Waals surface area contributed by atoms with Gasteiger partial charge in [-0.2, -0.15) is 0 Å². The van der Waals surface area contributed by atoms with E-state index in [0.717, 1.165) is 30.6 Å². The molecule has 2 aliphatic rings. The summed E-state index contributed by atoms with van der Waals surface area (Å²) in [7, 11) is 0. The van der Waals surface area contributed by atoms with Crippen molar-refractivity contribution in [1.82, 2.24) is 15.5 Å². The van der Waals surface area contributed by atoms with Crippen molar-refractivity contribution in [2.45, 2.75) is 38.4 Å². The minimum Gasteiger partial charge on any atom is -0.472 e. The molecule has 0 spiro atoms. The Morgan fingerprint density at radius 2 is 2.11 bits per heavy atom. The van der Waals surface area contributed by atoms with Crippen molar-refractivity contribution in [2.75, 3.05) is 13.1 Å². The van der Waals surface area contributed by atoms with Crippen LogP contribution in [0.3, 0.4) is 0 Å². The maximum atomic E-state index is 13.3. The van der Waals surface area contributed by atoms with Crippen LogP contribution >= 0.6 is 0 Å². The molecule has 3 heterocycles. The number of amides is 2. The SMILES string of the molecule is O=C1CC[C@]2(C(=O)NCc3ccccc3)CN(Cc3ccoc3)CC[C@H]2N1. The molecule has 2 aromatic rings. The highest BCUT2D eigenvalue weighted by atomic mass is 16.3. The van der Waals surface area contributed by atoms with Crippen LogP contribution in [0, 0.1) is 5.41 Å². The highest BCUT2D eigenvalue weighted by Crippen LogP contribution is 2.38. The zero-order valence-corrected chi connectivity index (χ0v) is 15.3. The van der Waals surface area contributed by atoms with E-state index in [2.05, 4.69) is 15.5 Å². The molecule has 6 nitrogen and oxygen atoms in total. The van der Waals surface area contributed by atoms with Crippen molar-refractivity contribution in [2.24, 2.45) is 5.41 Å². The molecule has 2 aliphatic heterocycles. The summed E-state index contributed by atoms with van der Waals surface area (Å²) >= 11 is 0. The number of piperidine rings is 2. The third-order valence-corrected chi connectivity index (χ3v) is 5.77. The molecule has 2 amide bonds. The van der Waals surface area contributed by atoms with Gasteiger partial charge >= 0.3 is 0 Å². The van der Waals surface area contributed by atoms with Crippen molar-refractivity contribution < 1.29 is 14.0 Å². The van der Waals surface area contributed by atoms with Crippen LogP contribution in [0.5, 0.6) is 0 Å². The van der Waals surface area contributed by atoms with E-state index in [4.69, 9.17) is 4.42 Å². The number of fused-ring (bicyclic) bond motifs is 1. The van der Waals surface area contributed by atoms with Gasteiger partial charge in [-0.15, -0.1) is 0 Å². The van der Waals surface area contributed by atoms with Gasteiger partial charge in [0.15, 0.2) is 0 Å². The van der Waals surface area contributed by atoms with Crippen LogP contribution in [0.25, 0.3) is 0 Å². The molecular weight excluding hydrogens is 342 g/mol. The molecule has 2 N–H and O–H groups in total. The first kappa shape index (κ1) is 17.8. The first-order valence-corrected chi connectivity index (χ1v) is 9.51. The minimum absolute atomic E-state index is 0.0354. The van der Waals surface area contributed by atoms with E-state index in [-0.39, 0.29) is 17.9 Å². The van der Waals surface area contributed by atoms with Gasteiger partial charge in [-0.25, -0.2) is 0 Å². The third kappa shape index (κ3) is 3.76. The number of nitrogens with zero attached hydrogens (tertiary/aromatic N) is 1. The highest BCUT2D eigenvalue weighted by molar-refractivity contribution is 5.88. The first-order chi connectivity index (χ1) is 13.2. The van der Waals surface area contributed by atoms with E-state index in [1.54, 1.807) is 12.5 Å². The lowest BCUT2D eigenvalue weighted by molar-refractivity contribution is -0.144. The maximum Gasteiger partial charge on any atom is 0.229 e. The molecule has 0 radical (unpaired) electrons. The van der Waals surface area contributed by atoms with Gasteiger partial charge in [-0.05, 0) is 24.5 Å². The summed E-state index contributed by atoms with van der Waals surface area (Å²) in [4.78, 5) is 27.5. The number of benzene rings is 1. The lowest BCUT2D eigenvalue weighted by Crippen LogP contribution is -2.66. The van der Waals surface area contributed by atoms with E-state index >= 15 is 0 Å². The Balaban J connectivity index is 1.50. The van der Waals surface area contributed by atoms with Crippen molar-refractivity contribution >= 4 is 11.8 Å². The second-order valence-corrected chi connectivity index (χ2v) is 7.58. The lowest BCUT2D eigenvalue weighted by Gasteiger charge is -2.49. The summed E-state index contributed by atoms with van der Waals surface area (Å²) in [5.41, 5.74) is 1.60. The van der Waals surface area contributed by atoms with E-state index < -0.39 is 5.41 Å². The summed E-state index contributed by atoms with van der Waals surface area (Å²) in [5.74, 6) is 0.0861. The zero-order valence-electron chi connectivity index (χ0n) is 15.3. The normalized spacial score (nSPS) is 25.5. The smallest absolute Gasteiger partial charge is 0.229 e. The number of carbonyl (C=O) groups excluding carboxylic acids is 2. The molecule has 0 aliphatic carbocycles. The molecule has 2 saturated heterocycles. The van der Waals surface area contributed by atoms with E-state index in [9.17, 15) is 9.59 Å². The maximum absolute atomic E-state index is 13.3. The Morgan fingerprint density at radius 3 is 2.89 bits per heavy atom. The Bertz CT molecular complexity index is 790. The first-order valence-electron chi connectivity index (χ1n) is 9.51. The summed E-state index contributed by atoms with van der Waals surface area (Å²) in [6, 6.07) is 11.8. The number of nitrogens with one attached hydrogen (secondary N) is 2. The molecule has 27 heavy (non-hydrogen) atoms. The van der Waals surface area contributed by atoms with Crippen LogP contribution in [0.1, 0.15) is 30.4 Å². The fourth-order valence-electron chi connectivity index (χ4n) is 4.32. The van der Waals surface area contributed by atoms with Crippen molar-refractivity contribution in [1.29, 1.82) is 0 Å². The Hall–Kier alpha value is -2.60. The quantitative estimate of drug-likeness (QED) is 0.848. The third-order valence-electron chi connectivity index (χ3n) is 5.77. The Kier molecular flexibility index (Phi) is 4.99. The molecule has 0 bridgehead atoms. The summed E-state index contributed by atoms with van der Waals surface area (Å²) in [5, 5.41) is 6.19. The van der Waals surface area contributed by atoms with E-state index in [0.29, 0.717) is 25.9 Å². The van der Waals surface area contributed by atoms with Crippen LogP contribution in [-0.4, -0.2) is 35.8 Å². The zero-order chi connectivity index (χ0) is 18.7. The van der Waals surface area contributed by atoms with Crippen LogP contribution in [0.2, 0.25) is 0 Å². The molecular formula is C21H25N3O3. The summed E-state index contributed by atoms with van der Waals surface area (Å²) < 4.78 is 5.17. The van der Waals surface area contributed by atoms with Crippen LogP contribution in [0.15, 0.2) is 53.3 Å². The standard InChI is InChI=1S/C21H25N3O3/c25-19-6-9-21(20(26)22-12-16-4-2-1-3-5-16)15-24(10-7-18(21)23-19)13-17-8-11-27-14-17/h1-5,8,11,14,18H,6-7,9-10,12-13,15H2,(H,22,26)(H,23,25)/t18-,21+/m1/s1. The Morgan fingerprint density at radius 1 is 1.26 bits per heavy atom. The fourth-order valence-corrected chi connectivity index (χ4v) is 4.32. The van der Waals surface area contributed by atoms with Crippen molar-refractivity contribution in [3.05, 3.63) is 60.1 Å². The molecule has 0 unspecified atom stereocenters. The van der Waals surface area contributed by atoms with E-state index in [1.807, 2.05) is 36.4 Å². The van der Waals surface area contributed by atoms with E-state index in [1.165, 1.54) is 0 Å². The number of furan rings is 1. The summed E-state index contributed by atoms with van der Waals surface area (Å²) in [6.45, 7) is 2.75. The molecule has 2 atom stereocenters. The average Bonchev–Trinajstić information content (AvgIpc) is 3.20. The molecule has 142 valence electrons. The second kappa shape index (κ2) is 7.56. The number of likely N-dealkylation sites (tertiary alicyclic amines) is 1. The fraction of sp³-hybridized carbons (Fsp3) is 0.429. The topological polar surface area (TPSA) is 74.6 Å². The Labute approximate surface area is 158 Å². The lowest BCUT2D eigenvalue weighted by atomic mass is 9.69. The number of carbonyl (C=O) groups is 2. The number of hydrogen-bond donors (Lipinski definition) is 2. The van der Waals surface area contributed by atoms with Gasteiger partial charge in [0, 0.05) is 44.2 Å². The molecule has 4 rings (SSSR count). The molecule has 2 fully saturated rings. The van der Waals surface area contributed by atoms with Gasteiger partial charge < -0.3 is 15.1 Å². The van der Waals surface area contributed by atoms with Crippen LogP contribution < -0.4 is 10.6 Å². The van der Waals surface area contributed by atoms with Crippen LogP contribution in [-0.2, 0) is 22.7 Å².